The van der Waals surface area contributed by atoms with Crippen molar-refractivity contribution in [2.75, 3.05) is 0 Å². The van der Waals surface area contributed by atoms with Crippen molar-refractivity contribution in [3.8, 4) is 0 Å². The van der Waals surface area contributed by atoms with E-state index in [-0.39, 0.29) is 0 Å². The molecule has 0 spiro atoms. The highest BCUT2D eigenvalue weighted by Gasteiger charge is 1.81. The van der Waals surface area contributed by atoms with E-state index in [1.54, 1.807) is 12.4 Å². The van der Waals surface area contributed by atoms with Gasteiger partial charge in [0, 0.05) is 18.9 Å². The normalized spacial score (nSPS) is 9.12. The van der Waals surface area contributed by atoms with Crippen LogP contribution in [0, 0.1) is 0 Å². The highest BCUT2D eigenvalue weighted by Crippen LogP contribution is 1.90. The van der Waals surface area contributed by atoms with Crippen molar-refractivity contribution >= 4 is 0 Å². The molecule has 2 nitrogen and oxygen atoms in total. The first-order valence-corrected chi connectivity index (χ1v) is 2.52. The Morgan fingerprint density at radius 2 is 2.50 bits per heavy atom. The summed E-state index contributed by atoms with van der Waals surface area (Å²) in [4.78, 5) is 3.88. The van der Waals surface area contributed by atoms with Crippen LogP contribution in [0.15, 0.2) is 24.5 Å². The summed E-state index contributed by atoms with van der Waals surface area (Å²) < 4.78 is 0. The molecule has 0 fully saturated rings. The van der Waals surface area contributed by atoms with E-state index in [1.807, 2.05) is 12.1 Å². The third kappa shape index (κ3) is 1.04. The second kappa shape index (κ2) is 2.43. The molecule has 1 heterocycles. The molecule has 8 heavy (non-hydrogen) atoms. The Balaban J connectivity index is 2.83. The standard InChI is InChI=1S/C6H8N2/c7-4-6-2-1-3-8-5-6/h1-3,5H,4,7H2/i7+1. The van der Waals surface area contributed by atoms with Crippen molar-refractivity contribution in [2.24, 2.45) is 5.73 Å². The summed E-state index contributed by atoms with van der Waals surface area (Å²) in [5.41, 5.74) is 6.39. The largest absolute Gasteiger partial charge is 0.326 e. The molecule has 0 amide bonds. The first kappa shape index (κ1) is 5.25. The van der Waals surface area contributed by atoms with E-state index >= 15 is 0 Å². The van der Waals surface area contributed by atoms with E-state index in [2.05, 4.69) is 4.98 Å². The molecule has 0 aromatic carbocycles. The Labute approximate surface area is 48.4 Å². The number of nitrogens with two attached hydrogens (primary N) is 1. The van der Waals surface area contributed by atoms with E-state index < -0.39 is 0 Å². The average molecular weight is 109 g/mol. The number of pyridine rings is 1. The molecule has 2 N–H and O–H groups in total. The lowest BCUT2D eigenvalue weighted by atomic mass is 10.3. The van der Waals surface area contributed by atoms with Gasteiger partial charge in [0.05, 0.1) is 0 Å². The predicted octanol–water partition coefficient (Wildman–Crippen LogP) is 0.540. The maximum Gasteiger partial charge on any atom is 0.0312 e. The Bertz CT molecular complexity index is 148. The Kier molecular flexibility index (Phi) is 1.59. The lowest BCUT2D eigenvalue weighted by Crippen LogP contribution is -1.95. The fraction of sp³-hybridized carbons (Fsp3) is 0.167. The first-order valence-electron chi connectivity index (χ1n) is 2.52. The molecule has 0 aliphatic rings. The molecule has 0 radical (unpaired) electrons. The van der Waals surface area contributed by atoms with Crippen molar-refractivity contribution in [3.05, 3.63) is 30.1 Å². The summed E-state index contributed by atoms with van der Waals surface area (Å²) >= 11 is 0. The zero-order chi connectivity index (χ0) is 5.82. The number of hydrogen-bond acceptors (Lipinski definition) is 2. The van der Waals surface area contributed by atoms with Gasteiger partial charge in [-0.25, -0.2) is 0 Å². The zero-order valence-electron chi connectivity index (χ0n) is 4.54. The summed E-state index contributed by atoms with van der Waals surface area (Å²) in [7, 11) is 0. The summed E-state index contributed by atoms with van der Waals surface area (Å²) in [6, 6.07) is 3.83. The average Bonchev–Trinajstić information content (AvgIpc) is 1.90. The molecule has 42 valence electrons. The van der Waals surface area contributed by atoms with Crippen LogP contribution in [0.5, 0.6) is 0 Å². The quantitative estimate of drug-likeness (QED) is 0.534. The maximum absolute atomic E-state index is 5.31. The van der Waals surface area contributed by atoms with E-state index in [0.29, 0.717) is 6.54 Å². The lowest BCUT2D eigenvalue weighted by Gasteiger charge is -1.89. The molecule has 0 saturated heterocycles. The van der Waals surface area contributed by atoms with E-state index in [9.17, 15) is 0 Å². The first-order chi connectivity index (χ1) is 3.93. The van der Waals surface area contributed by atoms with Crippen LogP contribution in [-0.4, -0.2) is 4.98 Å². The smallest absolute Gasteiger partial charge is 0.0312 e. The SMILES string of the molecule is [15NH2]Cc1cccnc1. The molecule has 0 unspecified atom stereocenters. The van der Waals surface area contributed by atoms with Gasteiger partial charge in [-0.05, 0) is 11.6 Å². The van der Waals surface area contributed by atoms with Gasteiger partial charge in [0.25, 0.3) is 0 Å². The summed E-state index contributed by atoms with van der Waals surface area (Å²) in [5, 5.41) is 0. The van der Waals surface area contributed by atoms with Gasteiger partial charge in [-0.3, -0.25) is 4.98 Å². The molecule has 1 aromatic rings. The number of nitrogens with zero attached hydrogens (tertiary/aromatic N) is 1. The van der Waals surface area contributed by atoms with E-state index in [0.717, 1.165) is 5.56 Å². The fourth-order valence-corrected chi connectivity index (χ4v) is 0.519. The molecule has 1 aromatic heterocycles. The van der Waals surface area contributed by atoms with Gasteiger partial charge in [-0.2, -0.15) is 0 Å². The van der Waals surface area contributed by atoms with Crippen molar-refractivity contribution in [3.63, 3.8) is 0 Å². The van der Waals surface area contributed by atoms with E-state index in [1.165, 1.54) is 0 Å². The Hall–Kier alpha value is -0.890. The topological polar surface area (TPSA) is 38.9 Å². The number of rotatable bonds is 1. The Morgan fingerprint density at radius 3 is 2.88 bits per heavy atom. The van der Waals surface area contributed by atoms with Crippen LogP contribution in [-0.2, 0) is 6.54 Å². The van der Waals surface area contributed by atoms with Crippen LogP contribution >= 0.6 is 0 Å². The molecule has 0 aliphatic heterocycles. The van der Waals surface area contributed by atoms with Crippen molar-refractivity contribution in [1.29, 1.82) is 0 Å². The lowest BCUT2D eigenvalue weighted by molar-refractivity contribution is 1.05. The van der Waals surface area contributed by atoms with Gasteiger partial charge in [-0.1, -0.05) is 6.07 Å². The van der Waals surface area contributed by atoms with Crippen LogP contribution in [0.25, 0.3) is 0 Å². The van der Waals surface area contributed by atoms with Crippen molar-refractivity contribution in [1.82, 2.24) is 4.98 Å². The highest BCUT2D eigenvalue weighted by molar-refractivity contribution is 5.06. The molecule has 0 bridgehead atoms. The van der Waals surface area contributed by atoms with Crippen molar-refractivity contribution in [2.45, 2.75) is 6.54 Å². The highest BCUT2D eigenvalue weighted by atomic mass is 15.3. The van der Waals surface area contributed by atoms with Gasteiger partial charge in [0.2, 0.25) is 0 Å². The minimum absolute atomic E-state index is 0.577. The van der Waals surface area contributed by atoms with Gasteiger partial charge >= 0.3 is 0 Å². The molecular weight excluding hydrogens is 101 g/mol. The van der Waals surface area contributed by atoms with Crippen molar-refractivity contribution < 1.29 is 0 Å². The number of hydrogen-bond donors (Lipinski definition) is 1. The minimum Gasteiger partial charge on any atom is -0.326 e. The van der Waals surface area contributed by atoms with Gasteiger partial charge in [-0.15, -0.1) is 0 Å². The Morgan fingerprint density at radius 1 is 1.62 bits per heavy atom. The molecule has 0 atom stereocenters. The van der Waals surface area contributed by atoms with Gasteiger partial charge in [0.1, 0.15) is 0 Å². The number of aromatic nitrogens is 1. The second-order valence-corrected chi connectivity index (χ2v) is 1.57. The van der Waals surface area contributed by atoms with Crippen LogP contribution in [0.1, 0.15) is 5.56 Å². The minimum atomic E-state index is 0.577. The summed E-state index contributed by atoms with van der Waals surface area (Å²) in [6.07, 6.45) is 3.50. The van der Waals surface area contributed by atoms with Gasteiger partial charge < -0.3 is 5.73 Å². The molecule has 1 rings (SSSR count). The molecule has 2 heteroatoms. The maximum atomic E-state index is 5.31. The van der Waals surface area contributed by atoms with Crippen LogP contribution in [0.3, 0.4) is 0 Å². The fourth-order valence-electron chi connectivity index (χ4n) is 0.519. The van der Waals surface area contributed by atoms with Gasteiger partial charge in [0.15, 0.2) is 0 Å². The monoisotopic (exact) mass is 109 g/mol. The van der Waals surface area contributed by atoms with E-state index in [4.69, 9.17) is 5.73 Å². The zero-order valence-corrected chi connectivity index (χ0v) is 4.54. The summed E-state index contributed by atoms with van der Waals surface area (Å²) in [6.45, 7) is 0.577. The van der Waals surface area contributed by atoms with Crippen LogP contribution in [0.4, 0.5) is 0 Å². The second-order valence-electron chi connectivity index (χ2n) is 1.57. The molecule has 0 aliphatic carbocycles. The predicted molar refractivity (Wildman–Crippen MR) is 32.1 cm³/mol. The third-order valence-corrected chi connectivity index (χ3v) is 0.958. The molecular formula is C6H8N2. The summed E-state index contributed by atoms with van der Waals surface area (Å²) in [5.74, 6) is 0. The van der Waals surface area contributed by atoms with Crippen LogP contribution < -0.4 is 5.73 Å². The molecule has 0 saturated carbocycles. The third-order valence-electron chi connectivity index (χ3n) is 0.958. The van der Waals surface area contributed by atoms with Crippen LogP contribution in [0.2, 0.25) is 0 Å².